The first-order valence-electron chi connectivity index (χ1n) is 12.0. The molecule has 1 N–H and O–H groups in total. The fraction of sp³-hybridized carbons (Fsp3) is 0.233. The lowest BCUT2D eigenvalue weighted by molar-refractivity contribution is 0.147. The smallest absolute Gasteiger partial charge is 0.0710 e. The van der Waals surface area contributed by atoms with E-state index in [1.165, 1.54) is 41.5 Å². The molecule has 1 saturated heterocycles. The number of hydrogen-bond donors (Lipinski definition) is 1. The van der Waals surface area contributed by atoms with Crippen LogP contribution in [0.3, 0.4) is 0 Å². The van der Waals surface area contributed by atoms with Crippen molar-refractivity contribution in [1.82, 2.24) is 9.88 Å². The molecule has 3 aromatic carbocycles. The molecule has 2 heterocycles. The molecule has 3 nitrogen and oxygen atoms in total. The van der Waals surface area contributed by atoms with Gasteiger partial charge < -0.3 is 5.32 Å². The summed E-state index contributed by atoms with van der Waals surface area (Å²) in [4.78, 5) is 6.81. The van der Waals surface area contributed by atoms with E-state index in [0.29, 0.717) is 0 Å². The Morgan fingerprint density at radius 2 is 1.18 bits per heavy atom. The molecular formula is C30H31N3. The number of rotatable bonds is 7. The van der Waals surface area contributed by atoms with E-state index in [2.05, 4.69) is 112 Å². The largest absolute Gasteiger partial charge is 0.376 e. The molecule has 33 heavy (non-hydrogen) atoms. The van der Waals surface area contributed by atoms with Crippen molar-refractivity contribution >= 4 is 5.69 Å². The predicted molar refractivity (Wildman–Crippen MR) is 137 cm³/mol. The van der Waals surface area contributed by atoms with Gasteiger partial charge in [0.15, 0.2) is 0 Å². The van der Waals surface area contributed by atoms with Crippen molar-refractivity contribution in [2.24, 2.45) is 0 Å². The third kappa shape index (κ3) is 5.15. The molecule has 0 saturated carbocycles. The monoisotopic (exact) mass is 433 g/mol. The number of pyridine rings is 1. The third-order valence-corrected chi connectivity index (χ3v) is 6.62. The molecule has 0 radical (unpaired) electrons. The van der Waals surface area contributed by atoms with Crippen molar-refractivity contribution in [3.05, 3.63) is 121 Å². The van der Waals surface area contributed by atoms with Gasteiger partial charge in [0.2, 0.25) is 0 Å². The van der Waals surface area contributed by atoms with Crippen LogP contribution in [0.15, 0.2) is 109 Å². The van der Waals surface area contributed by atoms with Crippen LogP contribution in [-0.4, -0.2) is 23.0 Å². The van der Waals surface area contributed by atoms with E-state index in [4.69, 9.17) is 0 Å². The first kappa shape index (κ1) is 21.4. The number of benzene rings is 3. The van der Waals surface area contributed by atoms with Crippen molar-refractivity contribution in [1.29, 1.82) is 0 Å². The quantitative estimate of drug-likeness (QED) is 0.336. The van der Waals surface area contributed by atoms with Crippen LogP contribution in [-0.2, 0) is 0 Å². The molecule has 2 atom stereocenters. The molecular weight excluding hydrogens is 402 g/mol. The molecule has 1 aromatic heterocycles. The number of anilines is 1. The molecule has 166 valence electrons. The Kier molecular flexibility index (Phi) is 6.79. The van der Waals surface area contributed by atoms with Gasteiger partial charge in [0, 0.05) is 18.1 Å². The minimum Gasteiger partial charge on any atom is -0.376 e. The van der Waals surface area contributed by atoms with E-state index in [0.717, 1.165) is 18.8 Å². The molecule has 0 aliphatic carbocycles. The van der Waals surface area contributed by atoms with Crippen LogP contribution in [0.4, 0.5) is 5.69 Å². The summed E-state index contributed by atoms with van der Waals surface area (Å²) in [5.41, 5.74) is 6.21. The van der Waals surface area contributed by atoms with Crippen LogP contribution in [0.25, 0.3) is 11.1 Å². The lowest BCUT2D eigenvalue weighted by Crippen LogP contribution is -2.39. The van der Waals surface area contributed by atoms with Gasteiger partial charge in [-0.1, -0.05) is 79.2 Å². The van der Waals surface area contributed by atoms with E-state index in [-0.39, 0.29) is 12.1 Å². The molecule has 0 spiro atoms. The summed E-state index contributed by atoms with van der Waals surface area (Å²) >= 11 is 0. The van der Waals surface area contributed by atoms with Crippen LogP contribution < -0.4 is 5.32 Å². The van der Waals surface area contributed by atoms with Crippen molar-refractivity contribution in [2.45, 2.75) is 31.3 Å². The first-order chi connectivity index (χ1) is 16.4. The number of nitrogens with zero attached hydrogens (tertiary/aromatic N) is 2. The van der Waals surface area contributed by atoms with Gasteiger partial charge in [-0.2, -0.15) is 0 Å². The molecule has 4 aromatic rings. The molecule has 5 rings (SSSR count). The Bertz CT molecular complexity index is 1110. The maximum Gasteiger partial charge on any atom is 0.0710 e. The maximum atomic E-state index is 4.14. The molecule has 0 unspecified atom stereocenters. The number of piperidine rings is 1. The molecule has 0 bridgehead atoms. The van der Waals surface area contributed by atoms with Crippen LogP contribution in [0, 0.1) is 0 Å². The number of aromatic nitrogens is 1. The fourth-order valence-corrected chi connectivity index (χ4v) is 4.95. The lowest BCUT2D eigenvalue weighted by atomic mass is 9.90. The number of hydrogen-bond acceptors (Lipinski definition) is 3. The summed E-state index contributed by atoms with van der Waals surface area (Å²) in [6.45, 7) is 2.29. The fourth-order valence-electron chi connectivity index (χ4n) is 4.95. The summed E-state index contributed by atoms with van der Waals surface area (Å²) in [5.74, 6) is 0. The number of likely N-dealkylation sites (tertiary alicyclic amines) is 1. The molecule has 1 aliphatic heterocycles. The van der Waals surface area contributed by atoms with Gasteiger partial charge in [0.05, 0.1) is 12.1 Å². The van der Waals surface area contributed by atoms with Crippen molar-refractivity contribution in [3.63, 3.8) is 0 Å². The minimum absolute atomic E-state index is 0.151. The molecule has 1 fully saturated rings. The lowest BCUT2D eigenvalue weighted by Gasteiger charge is -2.40. The van der Waals surface area contributed by atoms with Gasteiger partial charge >= 0.3 is 0 Å². The highest BCUT2D eigenvalue weighted by molar-refractivity contribution is 5.65. The van der Waals surface area contributed by atoms with Gasteiger partial charge in [0.25, 0.3) is 0 Å². The van der Waals surface area contributed by atoms with Crippen molar-refractivity contribution in [2.75, 3.05) is 18.4 Å². The molecule has 1 aliphatic rings. The Labute approximate surface area is 197 Å². The molecule has 0 amide bonds. The Balaban J connectivity index is 1.50. The van der Waals surface area contributed by atoms with Crippen LogP contribution in [0.5, 0.6) is 0 Å². The van der Waals surface area contributed by atoms with E-state index < -0.39 is 0 Å². The second-order valence-corrected chi connectivity index (χ2v) is 8.80. The summed E-state index contributed by atoms with van der Waals surface area (Å²) in [6, 6.07) is 35.2. The maximum absolute atomic E-state index is 4.14. The van der Waals surface area contributed by atoms with Gasteiger partial charge in [-0.15, -0.1) is 0 Å². The van der Waals surface area contributed by atoms with Crippen LogP contribution in [0.2, 0.25) is 0 Å². The highest BCUT2D eigenvalue weighted by Crippen LogP contribution is 2.38. The second-order valence-electron chi connectivity index (χ2n) is 8.80. The average Bonchev–Trinajstić information content (AvgIpc) is 2.91. The second kappa shape index (κ2) is 10.5. The summed E-state index contributed by atoms with van der Waals surface area (Å²) in [6.07, 6.45) is 7.56. The van der Waals surface area contributed by atoms with Crippen LogP contribution in [0.1, 0.15) is 42.5 Å². The Morgan fingerprint density at radius 3 is 1.82 bits per heavy atom. The minimum atomic E-state index is 0.151. The standard InChI is InChI=1S/C30H31N3/c1-4-10-26(11-5-1)29(30(27-12-6-2-7-13-27)33-22-8-3-9-23-33)32-28-16-14-24(15-17-28)25-18-20-31-21-19-25/h1-2,4-7,10-21,29-30,32H,3,8-9,22-23H2/t29-,30+/m1/s1. The predicted octanol–water partition coefficient (Wildman–Crippen LogP) is 7.13. The summed E-state index contributed by atoms with van der Waals surface area (Å²) in [7, 11) is 0. The third-order valence-electron chi connectivity index (χ3n) is 6.62. The SMILES string of the molecule is c1ccc([C@@H](Nc2ccc(-c3ccncc3)cc2)[C@H](c2ccccc2)N2CCCCC2)cc1. The highest BCUT2D eigenvalue weighted by atomic mass is 15.2. The zero-order valence-corrected chi connectivity index (χ0v) is 19.0. The first-order valence-corrected chi connectivity index (χ1v) is 12.0. The van der Waals surface area contributed by atoms with Crippen molar-refractivity contribution < 1.29 is 0 Å². The summed E-state index contributed by atoms with van der Waals surface area (Å²) in [5, 5.41) is 3.92. The van der Waals surface area contributed by atoms with E-state index in [1.807, 2.05) is 12.4 Å². The van der Waals surface area contributed by atoms with Crippen LogP contribution >= 0.6 is 0 Å². The topological polar surface area (TPSA) is 28.2 Å². The normalized spacial score (nSPS) is 16.1. The summed E-state index contributed by atoms with van der Waals surface area (Å²) < 4.78 is 0. The van der Waals surface area contributed by atoms with E-state index in [9.17, 15) is 0 Å². The van der Waals surface area contributed by atoms with Gasteiger partial charge in [-0.3, -0.25) is 9.88 Å². The Hall–Kier alpha value is -3.43. The van der Waals surface area contributed by atoms with Gasteiger partial charge in [-0.25, -0.2) is 0 Å². The zero-order chi connectivity index (χ0) is 22.3. The van der Waals surface area contributed by atoms with Gasteiger partial charge in [-0.05, 0) is 72.5 Å². The van der Waals surface area contributed by atoms with Crippen molar-refractivity contribution in [3.8, 4) is 11.1 Å². The van der Waals surface area contributed by atoms with Gasteiger partial charge in [0.1, 0.15) is 0 Å². The number of nitrogens with one attached hydrogen (secondary N) is 1. The zero-order valence-electron chi connectivity index (χ0n) is 19.0. The Morgan fingerprint density at radius 1 is 0.606 bits per heavy atom. The average molecular weight is 434 g/mol. The molecule has 3 heteroatoms. The highest BCUT2D eigenvalue weighted by Gasteiger charge is 2.31. The van der Waals surface area contributed by atoms with E-state index >= 15 is 0 Å². The van der Waals surface area contributed by atoms with E-state index in [1.54, 1.807) is 0 Å².